The van der Waals surface area contributed by atoms with Crippen LogP contribution in [0.15, 0.2) is 36.7 Å². The van der Waals surface area contributed by atoms with Gasteiger partial charge in [-0.25, -0.2) is 9.78 Å². The third-order valence-electron chi connectivity index (χ3n) is 6.13. The Morgan fingerprint density at radius 1 is 1.16 bits per heavy atom. The second kappa shape index (κ2) is 8.72. The van der Waals surface area contributed by atoms with Crippen molar-refractivity contribution in [2.75, 3.05) is 35.3 Å². The van der Waals surface area contributed by atoms with Gasteiger partial charge in [0, 0.05) is 37.9 Å². The number of pyridine rings is 2. The van der Waals surface area contributed by atoms with Gasteiger partial charge in [-0.15, -0.1) is 0 Å². The molecule has 2 aromatic heterocycles. The van der Waals surface area contributed by atoms with E-state index in [1.54, 1.807) is 29.4 Å². The van der Waals surface area contributed by atoms with Crippen LogP contribution >= 0.6 is 0 Å². The number of urea groups is 1. The van der Waals surface area contributed by atoms with Gasteiger partial charge in [-0.3, -0.25) is 9.88 Å². The number of carbonyl (C=O) groups excluding carboxylic acids is 1. The van der Waals surface area contributed by atoms with Crippen molar-refractivity contribution in [1.29, 1.82) is 0 Å². The molecule has 0 saturated heterocycles. The average molecular weight is 433 g/mol. The van der Waals surface area contributed by atoms with Crippen LogP contribution in [0.1, 0.15) is 43.7 Å². The van der Waals surface area contributed by atoms with Crippen molar-refractivity contribution >= 4 is 23.2 Å². The highest BCUT2D eigenvalue weighted by Crippen LogP contribution is 2.44. The molecule has 9 heteroatoms. The topological polar surface area (TPSA) is 61.4 Å². The zero-order chi connectivity index (χ0) is 22.0. The summed E-state index contributed by atoms with van der Waals surface area (Å²) in [6, 6.07) is 6.85. The van der Waals surface area contributed by atoms with E-state index in [0.717, 1.165) is 18.7 Å². The molecule has 6 nitrogen and oxygen atoms in total. The van der Waals surface area contributed by atoms with E-state index in [4.69, 9.17) is 4.98 Å². The Labute approximate surface area is 179 Å². The Hall–Kier alpha value is -2.84. The second-order valence-corrected chi connectivity index (χ2v) is 8.28. The van der Waals surface area contributed by atoms with E-state index in [-0.39, 0.29) is 24.8 Å². The molecule has 1 aliphatic carbocycles. The van der Waals surface area contributed by atoms with Gasteiger partial charge in [0.2, 0.25) is 0 Å². The number of aromatic nitrogens is 2. The summed E-state index contributed by atoms with van der Waals surface area (Å²) in [4.78, 5) is 25.4. The van der Waals surface area contributed by atoms with Gasteiger partial charge in [0.05, 0.1) is 23.5 Å². The molecule has 2 atom stereocenters. The second-order valence-electron chi connectivity index (χ2n) is 8.28. The Morgan fingerprint density at radius 3 is 2.74 bits per heavy atom. The number of carbonyl (C=O) groups is 1. The van der Waals surface area contributed by atoms with Crippen LogP contribution in [0.5, 0.6) is 0 Å². The predicted molar refractivity (Wildman–Crippen MR) is 113 cm³/mol. The van der Waals surface area contributed by atoms with E-state index in [1.165, 1.54) is 0 Å². The maximum Gasteiger partial charge on any atom is 0.391 e. The molecule has 0 aromatic carbocycles. The zero-order valence-electron chi connectivity index (χ0n) is 17.4. The molecule has 2 unspecified atom stereocenters. The van der Waals surface area contributed by atoms with Gasteiger partial charge in [0.25, 0.3) is 0 Å². The molecule has 2 aromatic rings. The lowest BCUT2D eigenvalue weighted by atomic mass is 9.79. The van der Waals surface area contributed by atoms with Gasteiger partial charge in [-0.05, 0) is 49.9 Å². The molecule has 1 aliphatic heterocycles. The lowest BCUT2D eigenvalue weighted by Gasteiger charge is -2.31. The summed E-state index contributed by atoms with van der Waals surface area (Å²) in [5, 5.41) is 2.84. The molecule has 1 saturated carbocycles. The van der Waals surface area contributed by atoms with Gasteiger partial charge in [0.15, 0.2) is 5.82 Å². The van der Waals surface area contributed by atoms with Crippen molar-refractivity contribution in [2.24, 2.45) is 5.92 Å². The van der Waals surface area contributed by atoms with Crippen LogP contribution in [0.4, 0.5) is 35.2 Å². The van der Waals surface area contributed by atoms with E-state index in [9.17, 15) is 18.0 Å². The normalized spacial score (nSPS) is 21.9. The van der Waals surface area contributed by atoms with E-state index < -0.39 is 12.1 Å². The van der Waals surface area contributed by atoms with Crippen LogP contribution in [-0.4, -0.2) is 42.3 Å². The van der Waals surface area contributed by atoms with Crippen LogP contribution in [-0.2, 0) is 0 Å². The summed E-state index contributed by atoms with van der Waals surface area (Å²) in [6.07, 6.45) is 1.18. The molecule has 31 heavy (non-hydrogen) atoms. The molecular weight excluding hydrogens is 407 g/mol. The van der Waals surface area contributed by atoms with Gasteiger partial charge in [0.1, 0.15) is 0 Å². The number of halogens is 3. The largest absolute Gasteiger partial charge is 0.391 e. The minimum atomic E-state index is -4.18. The van der Waals surface area contributed by atoms with Crippen LogP contribution in [0.25, 0.3) is 0 Å². The molecular formula is C22H26F3N5O. The molecule has 2 aliphatic rings. The molecule has 4 rings (SSSR count). The van der Waals surface area contributed by atoms with Gasteiger partial charge in [-0.2, -0.15) is 13.2 Å². The fourth-order valence-electron chi connectivity index (χ4n) is 4.45. The number of hydrogen-bond acceptors (Lipinski definition) is 4. The first kappa shape index (κ1) is 21.4. The number of nitrogens with one attached hydrogen (secondary N) is 1. The smallest absolute Gasteiger partial charge is 0.372 e. The fraction of sp³-hybridized carbons (Fsp3) is 0.500. The molecule has 166 valence electrons. The molecule has 1 fully saturated rings. The first-order chi connectivity index (χ1) is 14.8. The number of anilines is 3. The zero-order valence-corrected chi connectivity index (χ0v) is 17.4. The molecule has 0 spiro atoms. The maximum absolute atomic E-state index is 13.3. The third kappa shape index (κ3) is 4.75. The molecule has 3 heterocycles. The maximum atomic E-state index is 13.3. The number of fused-ring (bicyclic) bond motifs is 1. The van der Waals surface area contributed by atoms with Crippen molar-refractivity contribution in [3.63, 3.8) is 0 Å². The highest BCUT2D eigenvalue weighted by molar-refractivity contribution is 6.03. The predicted octanol–water partition coefficient (Wildman–Crippen LogP) is 5.19. The van der Waals surface area contributed by atoms with Crippen molar-refractivity contribution in [1.82, 2.24) is 9.97 Å². The fourth-order valence-corrected chi connectivity index (χ4v) is 4.45. The average Bonchev–Trinajstić information content (AvgIpc) is 2.92. The van der Waals surface area contributed by atoms with Gasteiger partial charge >= 0.3 is 12.2 Å². The summed E-state index contributed by atoms with van der Waals surface area (Å²) in [6.45, 7) is 1.22. The monoisotopic (exact) mass is 433 g/mol. The highest BCUT2D eigenvalue weighted by Gasteiger charge is 2.42. The number of amides is 2. The van der Waals surface area contributed by atoms with Crippen molar-refractivity contribution in [3.8, 4) is 0 Å². The van der Waals surface area contributed by atoms with Crippen molar-refractivity contribution < 1.29 is 18.0 Å². The van der Waals surface area contributed by atoms with Crippen molar-refractivity contribution in [3.05, 3.63) is 42.4 Å². The number of nitrogens with zero attached hydrogens (tertiary/aromatic N) is 4. The summed E-state index contributed by atoms with van der Waals surface area (Å²) in [7, 11) is 1.93. The standard InChI is InChI=1S/C22H26F3N5O/c1-29-11-4-12-30(21(31)27-17-7-3-10-26-14-17)20-19(29)9-8-18(28-20)15-5-2-6-16(13-15)22(23,24)25/h3,7-10,14-16H,2,4-6,11-13H2,1H3,(H,27,31). The first-order valence-electron chi connectivity index (χ1n) is 10.6. The van der Waals surface area contributed by atoms with Crippen molar-refractivity contribution in [2.45, 2.75) is 44.2 Å². The summed E-state index contributed by atoms with van der Waals surface area (Å²) in [5.41, 5.74) is 2.00. The first-order valence-corrected chi connectivity index (χ1v) is 10.6. The Morgan fingerprint density at radius 2 is 2.00 bits per heavy atom. The summed E-state index contributed by atoms with van der Waals surface area (Å²) >= 11 is 0. The van der Waals surface area contributed by atoms with Crippen LogP contribution in [0.3, 0.4) is 0 Å². The highest BCUT2D eigenvalue weighted by atomic mass is 19.4. The lowest BCUT2D eigenvalue weighted by Crippen LogP contribution is -2.36. The Balaban J connectivity index is 1.63. The van der Waals surface area contributed by atoms with E-state index in [2.05, 4.69) is 10.3 Å². The molecule has 0 radical (unpaired) electrons. The minimum absolute atomic E-state index is 0.0486. The van der Waals surface area contributed by atoms with E-state index in [0.29, 0.717) is 36.6 Å². The number of alkyl halides is 3. The molecule has 0 bridgehead atoms. The Bertz CT molecular complexity index is 921. The number of rotatable bonds is 2. The molecule has 2 amide bonds. The summed E-state index contributed by atoms with van der Waals surface area (Å²) < 4.78 is 39.9. The van der Waals surface area contributed by atoms with Gasteiger partial charge < -0.3 is 10.2 Å². The molecule has 1 N–H and O–H groups in total. The van der Waals surface area contributed by atoms with Crippen LogP contribution in [0, 0.1) is 5.92 Å². The third-order valence-corrected chi connectivity index (χ3v) is 6.13. The Kier molecular flexibility index (Phi) is 6.02. The quantitative estimate of drug-likeness (QED) is 0.708. The van der Waals surface area contributed by atoms with E-state index >= 15 is 0 Å². The number of hydrogen-bond donors (Lipinski definition) is 1. The minimum Gasteiger partial charge on any atom is -0.372 e. The van der Waals surface area contributed by atoms with Gasteiger partial charge in [-0.1, -0.05) is 6.42 Å². The van der Waals surface area contributed by atoms with Crippen LogP contribution < -0.4 is 15.1 Å². The van der Waals surface area contributed by atoms with E-state index in [1.807, 2.05) is 24.1 Å². The SMILES string of the molecule is CN1CCCN(C(=O)Nc2cccnc2)c2nc(C3CCCC(C(F)(F)F)C3)ccc21. The summed E-state index contributed by atoms with van der Waals surface area (Å²) in [5.74, 6) is -1.06. The van der Waals surface area contributed by atoms with Crippen LogP contribution in [0.2, 0.25) is 0 Å². The lowest BCUT2D eigenvalue weighted by molar-refractivity contribution is -0.183.